The summed E-state index contributed by atoms with van der Waals surface area (Å²) in [5.74, 6) is 0. The van der Waals surface area contributed by atoms with E-state index in [0.29, 0.717) is 19.1 Å². The Bertz CT molecular complexity index is 601. The van der Waals surface area contributed by atoms with Crippen LogP contribution in [0, 0.1) is 0 Å². The molecule has 0 aliphatic carbocycles. The van der Waals surface area contributed by atoms with Gasteiger partial charge in [0.25, 0.3) is 0 Å². The van der Waals surface area contributed by atoms with Gasteiger partial charge in [-0.05, 0) is 31.4 Å². The summed E-state index contributed by atoms with van der Waals surface area (Å²) in [6.45, 7) is 0.998. The summed E-state index contributed by atoms with van der Waals surface area (Å²) < 4.78 is 27.1. The van der Waals surface area contributed by atoms with E-state index in [1.165, 1.54) is 4.31 Å². The molecule has 110 valence electrons. The van der Waals surface area contributed by atoms with Crippen molar-refractivity contribution in [2.24, 2.45) is 0 Å². The molecule has 2 atom stereocenters. The van der Waals surface area contributed by atoms with Crippen molar-refractivity contribution in [1.82, 2.24) is 9.62 Å². The second kappa shape index (κ2) is 5.46. The lowest BCUT2D eigenvalue weighted by atomic mass is 10.1. The van der Waals surface area contributed by atoms with Crippen LogP contribution in [-0.4, -0.2) is 37.9 Å². The molecule has 20 heavy (non-hydrogen) atoms. The summed E-state index contributed by atoms with van der Waals surface area (Å²) in [7, 11) is -3.64. The van der Waals surface area contributed by atoms with E-state index in [0.717, 1.165) is 19.3 Å². The van der Waals surface area contributed by atoms with Crippen LogP contribution in [0.15, 0.2) is 23.1 Å². The van der Waals surface area contributed by atoms with Gasteiger partial charge in [-0.25, -0.2) is 8.42 Å². The van der Waals surface area contributed by atoms with Crippen molar-refractivity contribution in [3.8, 4) is 0 Å². The van der Waals surface area contributed by atoms with Crippen LogP contribution >= 0.6 is 23.2 Å². The SMILES string of the molecule is O=S(=O)(c1c(Cl)cccc1Cl)N1CCC2CCC(C1)N2. The van der Waals surface area contributed by atoms with E-state index in [2.05, 4.69) is 5.32 Å². The largest absolute Gasteiger partial charge is 0.310 e. The maximum atomic E-state index is 12.8. The first-order valence-corrected chi connectivity index (χ1v) is 8.88. The smallest absolute Gasteiger partial charge is 0.246 e. The van der Waals surface area contributed by atoms with Gasteiger partial charge in [-0.2, -0.15) is 4.31 Å². The second-order valence-corrected chi connectivity index (χ2v) is 8.03. The van der Waals surface area contributed by atoms with Crippen molar-refractivity contribution in [1.29, 1.82) is 0 Å². The zero-order valence-corrected chi connectivity index (χ0v) is 13.2. The highest BCUT2D eigenvalue weighted by Crippen LogP contribution is 2.33. The molecule has 2 aliphatic rings. The molecule has 2 aliphatic heterocycles. The molecule has 1 aromatic carbocycles. The summed E-state index contributed by atoms with van der Waals surface area (Å²) in [5, 5.41) is 3.82. The lowest BCUT2D eigenvalue weighted by Crippen LogP contribution is -2.39. The maximum Gasteiger partial charge on any atom is 0.246 e. The van der Waals surface area contributed by atoms with E-state index >= 15 is 0 Å². The molecule has 2 saturated heterocycles. The number of nitrogens with zero attached hydrogens (tertiary/aromatic N) is 1. The van der Waals surface area contributed by atoms with Crippen molar-refractivity contribution in [3.63, 3.8) is 0 Å². The monoisotopic (exact) mass is 334 g/mol. The number of halogens is 2. The lowest BCUT2D eigenvalue weighted by Gasteiger charge is -2.24. The third kappa shape index (κ3) is 2.57. The Kier molecular flexibility index (Phi) is 3.99. The fraction of sp³-hybridized carbons (Fsp3) is 0.538. The Balaban J connectivity index is 1.95. The fourth-order valence-corrected chi connectivity index (χ4v) is 5.58. The molecule has 3 rings (SSSR count). The van der Waals surface area contributed by atoms with E-state index in [1.807, 2.05) is 0 Å². The van der Waals surface area contributed by atoms with Crippen LogP contribution in [0.5, 0.6) is 0 Å². The first-order valence-electron chi connectivity index (χ1n) is 6.68. The van der Waals surface area contributed by atoms with Crippen LogP contribution in [0.3, 0.4) is 0 Å². The van der Waals surface area contributed by atoms with E-state index in [-0.39, 0.29) is 21.0 Å². The summed E-state index contributed by atoms with van der Waals surface area (Å²) >= 11 is 12.1. The Morgan fingerprint density at radius 1 is 1.10 bits per heavy atom. The predicted molar refractivity (Wildman–Crippen MR) is 79.8 cm³/mol. The van der Waals surface area contributed by atoms with Gasteiger partial charge in [0.2, 0.25) is 10.0 Å². The number of rotatable bonds is 2. The number of hydrogen-bond donors (Lipinski definition) is 1. The Labute approximate surface area is 129 Å². The van der Waals surface area contributed by atoms with Gasteiger partial charge in [-0.15, -0.1) is 0 Å². The third-order valence-corrected chi connectivity index (χ3v) is 6.82. The molecule has 1 aromatic rings. The van der Waals surface area contributed by atoms with E-state index in [4.69, 9.17) is 23.2 Å². The summed E-state index contributed by atoms with van der Waals surface area (Å²) in [5.41, 5.74) is 0. The highest BCUT2D eigenvalue weighted by atomic mass is 35.5. The Hall–Kier alpha value is -0.330. The highest BCUT2D eigenvalue weighted by Gasteiger charge is 2.36. The minimum Gasteiger partial charge on any atom is -0.310 e. The van der Waals surface area contributed by atoms with E-state index < -0.39 is 10.0 Å². The zero-order valence-electron chi connectivity index (χ0n) is 10.9. The van der Waals surface area contributed by atoms with Gasteiger partial charge in [0.15, 0.2) is 0 Å². The molecule has 1 N–H and O–H groups in total. The topological polar surface area (TPSA) is 49.4 Å². The second-order valence-electron chi connectivity index (χ2n) is 5.34. The van der Waals surface area contributed by atoms with Crippen LogP contribution in [0.1, 0.15) is 19.3 Å². The van der Waals surface area contributed by atoms with Crippen LogP contribution in [-0.2, 0) is 10.0 Å². The maximum absolute atomic E-state index is 12.8. The summed E-state index contributed by atoms with van der Waals surface area (Å²) in [6, 6.07) is 5.43. The van der Waals surface area contributed by atoms with E-state index in [1.54, 1.807) is 18.2 Å². The lowest BCUT2D eigenvalue weighted by molar-refractivity contribution is 0.383. The predicted octanol–water partition coefficient (Wildman–Crippen LogP) is 2.51. The molecule has 4 nitrogen and oxygen atoms in total. The Morgan fingerprint density at radius 2 is 1.75 bits per heavy atom. The Morgan fingerprint density at radius 3 is 2.45 bits per heavy atom. The van der Waals surface area contributed by atoms with Crippen LogP contribution < -0.4 is 5.32 Å². The van der Waals surface area contributed by atoms with Crippen molar-refractivity contribution in [2.45, 2.75) is 36.2 Å². The van der Waals surface area contributed by atoms with Crippen LogP contribution in [0.4, 0.5) is 0 Å². The molecule has 0 radical (unpaired) electrons. The van der Waals surface area contributed by atoms with Gasteiger partial charge < -0.3 is 5.32 Å². The average Bonchev–Trinajstić information content (AvgIpc) is 2.67. The van der Waals surface area contributed by atoms with Crippen molar-refractivity contribution in [2.75, 3.05) is 13.1 Å². The quantitative estimate of drug-likeness (QED) is 0.903. The summed E-state index contributed by atoms with van der Waals surface area (Å²) in [4.78, 5) is 0.0288. The fourth-order valence-electron chi connectivity index (χ4n) is 2.99. The average molecular weight is 335 g/mol. The first kappa shape index (κ1) is 14.6. The molecular weight excluding hydrogens is 319 g/mol. The van der Waals surface area contributed by atoms with Gasteiger partial charge in [0, 0.05) is 25.2 Å². The molecule has 2 heterocycles. The number of benzene rings is 1. The van der Waals surface area contributed by atoms with Gasteiger partial charge >= 0.3 is 0 Å². The standard InChI is InChI=1S/C13H16Cl2N2O2S/c14-11-2-1-3-12(15)13(11)20(18,19)17-7-6-9-4-5-10(8-17)16-9/h1-3,9-10,16H,4-8H2. The third-order valence-electron chi connectivity index (χ3n) is 4.00. The number of hydrogen-bond acceptors (Lipinski definition) is 3. The number of fused-ring (bicyclic) bond motifs is 2. The summed E-state index contributed by atoms with van der Waals surface area (Å²) in [6.07, 6.45) is 2.98. The molecule has 7 heteroatoms. The minimum atomic E-state index is -3.64. The molecule has 2 bridgehead atoms. The molecular formula is C13H16Cl2N2O2S. The van der Waals surface area contributed by atoms with Crippen LogP contribution in [0.25, 0.3) is 0 Å². The molecule has 2 unspecified atom stereocenters. The van der Waals surface area contributed by atoms with Gasteiger partial charge in [-0.3, -0.25) is 0 Å². The van der Waals surface area contributed by atoms with Gasteiger partial charge in [0.05, 0.1) is 10.0 Å². The van der Waals surface area contributed by atoms with Crippen molar-refractivity contribution in [3.05, 3.63) is 28.2 Å². The molecule has 0 aromatic heterocycles. The molecule has 0 spiro atoms. The van der Waals surface area contributed by atoms with E-state index in [9.17, 15) is 8.42 Å². The minimum absolute atomic E-state index is 0.0288. The molecule has 2 fully saturated rings. The van der Waals surface area contributed by atoms with Gasteiger partial charge in [0.1, 0.15) is 4.90 Å². The zero-order chi connectivity index (χ0) is 14.3. The highest BCUT2D eigenvalue weighted by molar-refractivity contribution is 7.89. The number of sulfonamides is 1. The van der Waals surface area contributed by atoms with Crippen molar-refractivity contribution >= 4 is 33.2 Å². The number of nitrogens with one attached hydrogen (secondary N) is 1. The van der Waals surface area contributed by atoms with Gasteiger partial charge in [-0.1, -0.05) is 29.3 Å². The first-order chi connectivity index (χ1) is 9.48. The van der Waals surface area contributed by atoms with Crippen molar-refractivity contribution < 1.29 is 8.42 Å². The molecule has 0 saturated carbocycles. The molecule has 0 amide bonds. The normalized spacial score (nSPS) is 27.5. The van der Waals surface area contributed by atoms with Crippen LogP contribution in [0.2, 0.25) is 10.0 Å².